The topological polar surface area (TPSA) is 85.3 Å². The molecule has 0 fully saturated rings. The first-order chi connectivity index (χ1) is 13.2. The van der Waals surface area contributed by atoms with E-state index in [1.54, 1.807) is 20.8 Å². The molecule has 28 heavy (non-hydrogen) atoms. The summed E-state index contributed by atoms with van der Waals surface area (Å²) in [7, 11) is 0. The minimum atomic E-state index is -0.554. The highest BCUT2D eigenvalue weighted by Gasteiger charge is 2.16. The normalized spacial score (nSPS) is 11.2. The summed E-state index contributed by atoms with van der Waals surface area (Å²) in [6.45, 7) is 10.7. The molecule has 0 aliphatic carbocycles. The van der Waals surface area contributed by atoms with E-state index >= 15 is 0 Å². The van der Waals surface area contributed by atoms with Gasteiger partial charge in [0.25, 0.3) is 0 Å². The van der Waals surface area contributed by atoms with Crippen molar-refractivity contribution in [3.63, 3.8) is 0 Å². The maximum atomic E-state index is 12.1. The van der Waals surface area contributed by atoms with Gasteiger partial charge >= 0.3 is 6.09 Å². The van der Waals surface area contributed by atoms with Crippen LogP contribution in [0.2, 0.25) is 0 Å². The number of rotatable bonds is 7. The average molecular weight is 386 g/mol. The third-order valence-corrected chi connectivity index (χ3v) is 4.19. The van der Waals surface area contributed by atoms with Gasteiger partial charge in [-0.25, -0.2) is 4.79 Å². The molecule has 0 unspecified atom stereocenters. The lowest BCUT2D eigenvalue weighted by molar-refractivity contribution is -0.121. The van der Waals surface area contributed by atoms with Gasteiger partial charge in [-0.05, 0) is 40.2 Å². The number of aromatic nitrogens is 2. The van der Waals surface area contributed by atoms with Crippen molar-refractivity contribution in [1.29, 1.82) is 0 Å². The van der Waals surface area contributed by atoms with Crippen LogP contribution in [0.4, 0.5) is 4.79 Å². The molecule has 0 spiro atoms. The largest absolute Gasteiger partial charge is 0.444 e. The second kappa shape index (κ2) is 9.39. The lowest BCUT2D eigenvalue weighted by atomic mass is 10.2. The summed E-state index contributed by atoms with van der Waals surface area (Å²) in [6, 6.07) is 10.1. The Morgan fingerprint density at radius 3 is 2.43 bits per heavy atom. The van der Waals surface area contributed by atoms with Crippen LogP contribution in [0.15, 0.2) is 30.3 Å². The van der Waals surface area contributed by atoms with Crippen molar-refractivity contribution in [3.8, 4) is 0 Å². The van der Waals surface area contributed by atoms with Crippen LogP contribution in [0.25, 0.3) is 0 Å². The van der Waals surface area contributed by atoms with E-state index in [2.05, 4.69) is 27.9 Å². The summed E-state index contributed by atoms with van der Waals surface area (Å²) in [5.74, 6) is -0.134. The fourth-order valence-electron chi connectivity index (χ4n) is 2.77. The fraction of sp³-hybridized carbons (Fsp3) is 0.476. The lowest BCUT2D eigenvalue weighted by Gasteiger charge is -2.19. The minimum Gasteiger partial charge on any atom is -0.444 e. The molecule has 1 aromatic carbocycles. The van der Waals surface area contributed by atoms with Crippen molar-refractivity contribution in [2.75, 3.05) is 6.54 Å². The third-order valence-electron chi connectivity index (χ3n) is 4.19. The number of ether oxygens (including phenoxy) is 1. The molecule has 2 amide bonds. The van der Waals surface area contributed by atoms with Gasteiger partial charge in [0.2, 0.25) is 5.91 Å². The van der Waals surface area contributed by atoms with Crippen molar-refractivity contribution in [3.05, 3.63) is 52.8 Å². The van der Waals surface area contributed by atoms with Gasteiger partial charge in [0.15, 0.2) is 0 Å². The molecule has 0 aliphatic rings. The molecule has 0 bridgehead atoms. The Bertz CT molecular complexity index is 807. The maximum Gasteiger partial charge on any atom is 0.407 e. The quantitative estimate of drug-likeness (QED) is 0.766. The van der Waals surface area contributed by atoms with Crippen LogP contribution >= 0.6 is 0 Å². The van der Waals surface area contributed by atoms with Crippen LogP contribution in [-0.4, -0.2) is 33.9 Å². The van der Waals surface area contributed by atoms with Crippen LogP contribution in [-0.2, 0) is 22.6 Å². The number of nitrogens with zero attached hydrogens (tertiary/aromatic N) is 2. The zero-order valence-electron chi connectivity index (χ0n) is 17.3. The van der Waals surface area contributed by atoms with Crippen molar-refractivity contribution in [2.24, 2.45) is 0 Å². The second-order valence-corrected chi connectivity index (χ2v) is 7.75. The number of hydrogen-bond donors (Lipinski definition) is 2. The van der Waals surface area contributed by atoms with E-state index in [-0.39, 0.29) is 18.9 Å². The molecule has 7 heteroatoms. The molecule has 0 atom stereocenters. The van der Waals surface area contributed by atoms with Crippen molar-refractivity contribution in [1.82, 2.24) is 20.4 Å². The molecule has 1 aromatic heterocycles. The lowest BCUT2D eigenvalue weighted by Crippen LogP contribution is -2.35. The van der Waals surface area contributed by atoms with E-state index in [4.69, 9.17) is 4.74 Å². The molecule has 2 rings (SSSR count). The fourth-order valence-corrected chi connectivity index (χ4v) is 2.77. The number of alkyl carbamates (subject to hydrolysis) is 1. The highest BCUT2D eigenvalue weighted by Crippen LogP contribution is 2.14. The Hall–Kier alpha value is -2.83. The van der Waals surface area contributed by atoms with E-state index in [0.717, 1.165) is 17.0 Å². The van der Waals surface area contributed by atoms with E-state index in [1.807, 2.05) is 36.7 Å². The second-order valence-electron chi connectivity index (χ2n) is 7.75. The molecular weight excluding hydrogens is 356 g/mol. The number of carbonyl (C=O) groups excluding carboxylic acids is 2. The van der Waals surface area contributed by atoms with Crippen LogP contribution in [0.3, 0.4) is 0 Å². The Kier molecular flexibility index (Phi) is 7.20. The molecular formula is C21H30N4O3. The number of aryl methyl sites for hydroxylation is 1. The Morgan fingerprint density at radius 1 is 1.11 bits per heavy atom. The average Bonchev–Trinajstić information content (AvgIpc) is 2.86. The summed E-state index contributed by atoms with van der Waals surface area (Å²) in [5, 5.41) is 10.1. The van der Waals surface area contributed by atoms with Gasteiger partial charge in [-0.1, -0.05) is 30.3 Å². The van der Waals surface area contributed by atoms with Gasteiger partial charge in [-0.15, -0.1) is 0 Å². The highest BCUT2D eigenvalue weighted by molar-refractivity contribution is 5.77. The summed E-state index contributed by atoms with van der Waals surface area (Å²) < 4.78 is 7.09. The minimum absolute atomic E-state index is 0.134. The van der Waals surface area contributed by atoms with Crippen LogP contribution in [0.5, 0.6) is 0 Å². The molecule has 0 radical (unpaired) electrons. The maximum absolute atomic E-state index is 12.1. The number of nitrogens with one attached hydrogen (secondary N) is 2. The number of carbonyl (C=O) groups is 2. The predicted molar refractivity (Wildman–Crippen MR) is 108 cm³/mol. The molecule has 0 saturated carbocycles. The van der Waals surface area contributed by atoms with Crippen molar-refractivity contribution >= 4 is 12.0 Å². The van der Waals surface area contributed by atoms with E-state index < -0.39 is 11.7 Å². The van der Waals surface area contributed by atoms with Crippen LogP contribution in [0, 0.1) is 13.8 Å². The van der Waals surface area contributed by atoms with Gasteiger partial charge < -0.3 is 15.4 Å². The third kappa shape index (κ3) is 6.72. The van der Waals surface area contributed by atoms with Gasteiger partial charge in [0.1, 0.15) is 5.60 Å². The van der Waals surface area contributed by atoms with Gasteiger partial charge in [0.05, 0.1) is 12.2 Å². The van der Waals surface area contributed by atoms with E-state index in [9.17, 15) is 9.59 Å². The number of amides is 2. The number of benzene rings is 1. The molecule has 2 N–H and O–H groups in total. The van der Waals surface area contributed by atoms with Crippen LogP contribution in [0.1, 0.15) is 49.7 Å². The zero-order valence-corrected chi connectivity index (χ0v) is 17.3. The predicted octanol–water partition coefficient (Wildman–Crippen LogP) is 3.08. The van der Waals surface area contributed by atoms with E-state index in [1.165, 1.54) is 5.56 Å². The molecule has 152 valence electrons. The SMILES string of the molecule is Cc1nn(Cc2ccccc2)c(C)c1CNC(=O)CCNC(=O)OC(C)(C)C. The summed E-state index contributed by atoms with van der Waals surface area (Å²) in [6.07, 6.45) is -0.329. The Morgan fingerprint density at radius 2 is 1.79 bits per heavy atom. The summed E-state index contributed by atoms with van der Waals surface area (Å²) >= 11 is 0. The number of hydrogen-bond acceptors (Lipinski definition) is 4. The zero-order chi connectivity index (χ0) is 20.7. The molecule has 0 saturated heterocycles. The van der Waals surface area contributed by atoms with Crippen molar-refractivity contribution < 1.29 is 14.3 Å². The smallest absolute Gasteiger partial charge is 0.407 e. The first-order valence-corrected chi connectivity index (χ1v) is 9.46. The first-order valence-electron chi connectivity index (χ1n) is 9.46. The molecule has 1 heterocycles. The van der Waals surface area contributed by atoms with E-state index in [0.29, 0.717) is 13.1 Å². The van der Waals surface area contributed by atoms with Crippen LogP contribution < -0.4 is 10.6 Å². The van der Waals surface area contributed by atoms with Gasteiger partial charge in [-0.2, -0.15) is 5.10 Å². The van der Waals surface area contributed by atoms with Crippen molar-refractivity contribution in [2.45, 2.75) is 59.7 Å². The summed E-state index contributed by atoms with van der Waals surface area (Å²) in [4.78, 5) is 23.7. The first kappa shape index (κ1) is 21.5. The summed E-state index contributed by atoms with van der Waals surface area (Å²) in [5.41, 5.74) is 3.58. The Balaban J connectivity index is 1.82. The standard InChI is InChI=1S/C21H30N4O3/c1-15-18(16(2)25(24-15)14-17-9-7-6-8-10-17)13-23-19(26)11-12-22-20(27)28-21(3,4)5/h6-10H,11-14H2,1-5H3,(H,22,27)(H,23,26). The highest BCUT2D eigenvalue weighted by atomic mass is 16.6. The Labute approximate surface area is 166 Å². The molecule has 7 nitrogen and oxygen atoms in total. The molecule has 2 aromatic rings. The van der Waals surface area contributed by atoms with Gasteiger partial charge in [0, 0.05) is 30.8 Å². The monoisotopic (exact) mass is 386 g/mol. The van der Waals surface area contributed by atoms with Gasteiger partial charge in [-0.3, -0.25) is 9.48 Å². The molecule has 0 aliphatic heterocycles.